The van der Waals surface area contributed by atoms with E-state index in [0.29, 0.717) is 25.5 Å². The molecule has 7 heteroatoms. The average Bonchev–Trinajstić information content (AvgIpc) is 2.71. The highest BCUT2D eigenvalue weighted by atomic mass is 127. The first-order chi connectivity index (χ1) is 13.7. The molecule has 0 spiro atoms. The van der Waals surface area contributed by atoms with E-state index in [0.717, 1.165) is 42.7 Å². The van der Waals surface area contributed by atoms with Gasteiger partial charge in [0.1, 0.15) is 5.82 Å². The molecule has 1 aliphatic heterocycles. The van der Waals surface area contributed by atoms with Crippen LogP contribution in [-0.2, 0) is 17.9 Å². The highest BCUT2D eigenvalue weighted by Gasteiger charge is 2.19. The second-order valence-corrected chi connectivity index (χ2v) is 6.85. The molecule has 1 fully saturated rings. The third-order valence-corrected chi connectivity index (χ3v) is 4.68. The molecule has 0 aromatic heterocycles. The molecule has 0 unspecified atom stereocenters. The van der Waals surface area contributed by atoms with Gasteiger partial charge in [-0.25, -0.2) is 9.38 Å². The van der Waals surface area contributed by atoms with E-state index >= 15 is 0 Å². The van der Waals surface area contributed by atoms with Crippen LogP contribution in [0.2, 0.25) is 0 Å². The fourth-order valence-corrected chi connectivity index (χ4v) is 3.21. The van der Waals surface area contributed by atoms with Crippen LogP contribution in [-0.4, -0.2) is 25.0 Å². The van der Waals surface area contributed by atoms with Gasteiger partial charge in [-0.3, -0.25) is 4.79 Å². The molecular weight excluding hydrogens is 482 g/mol. The number of guanidine groups is 1. The van der Waals surface area contributed by atoms with Gasteiger partial charge in [0.15, 0.2) is 5.96 Å². The van der Waals surface area contributed by atoms with Crippen LogP contribution >= 0.6 is 24.0 Å². The summed E-state index contributed by atoms with van der Waals surface area (Å²) in [7, 11) is 0. The van der Waals surface area contributed by atoms with Crippen molar-refractivity contribution in [3.63, 3.8) is 0 Å². The van der Waals surface area contributed by atoms with E-state index in [4.69, 9.17) is 0 Å². The minimum Gasteiger partial charge on any atom is -0.357 e. The lowest BCUT2D eigenvalue weighted by Crippen LogP contribution is -2.37. The highest BCUT2D eigenvalue weighted by Crippen LogP contribution is 2.21. The predicted molar refractivity (Wildman–Crippen MR) is 126 cm³/mol. The van der Waals surface area contributed by atoms with Gasteiger partial charge >= 0.3 is 0 Å². The van der Waals surface area contributed by atoms with Crippen molar-refractivity contribution in [2.75, 3.05) is 18.0 Å². The van der Waals surface area contributed by atoms with Crippen molar-refractivity contribution >= 4 is 41.5 Å². The second kappa shape index (κ2) is 11.7. The maximum Gasteiger partial charge on any atom is 0.226 e. The number of hydrogen-bond donors (Lipinski definition) is 2. The first-order valence-corrected chi connectivity index (χ1v) is 9.81. The average molecular weight is 510 g/mol. The van der Waals surface area contributed by atoms with Crippen LogP contribution in [0.1, 0.15) is 37.3 Å². The summed E-state index contributed by atoms with van der Waals surface area (Å²) in [6, 6.07) is 14.5. The van der Waals surface area contributed by atoms with Gasteiger partial charge in [0.25, 0.3) is 0 Å². The molecule has 0 radical (unpaired) electrons. The summed E-state index contributed by atoms with van der Waals surface area (Å²) in [5, 5.41) is 6.49. The van der Waals surface area contributed by atoms with E-state index in [1.165, 1.54) is 12.1 Å². The van der Waals surface area contributed by atoms with Gasteiger partial charge in [-0.1, -0.05) is 24.3 Å². The number of rotatable bonds is 6. The Balaban J connectivity index is 0.00000300. The molecule has 2 aromatic rings. The van der Waals surface area contributed by atoms with Crippen molar-refractivity contribution in [1.29, 1.82) is 0 Å². The van der Waals surface area contributed by atoms with Gasteiger partial charge in [-0.2, -0.15) is 0 Å². The van der Waals surface area contributed by atoms with Crippen LogP contribution in [0.25, 0.3) is 0 Å². The molecule has 1 aliphatic rings. The number of anilines is 1. The molecule has 0 atom stereocenters. The molecule has 5 nitrogen and oxygen atoms in total. The maximum atomic E-state index is 13.3. The molecule has 2 aromatic carbocycles. The molecule has 0 saturated carbocycles. The summed E-state index contributed by atoms with van der Waals surface area (Å²) in [5.41, 5.74) is 2.89. The normalized spacial score (nSPS) is 14.3. The summed E-state index contributed by atoms with van der Waals surface area (Å²) in [6.07, 6.45) is 2.68. The zero-order chi connectivity index (χ0) is 19.8. The number of amides is 1. The first kappa shape index (κ1) is 23.1. The fraction of sp³-hybridized carbons (Fsp3) is 0.364. The van der Waals surface area contributed by atoms with Gasteiger partial charge in [-0.05, 0) is 55.2 Å². The van der Waals surface area contributed by atoms with Gasteiger partial charge in [0, 0.05) is 31.7 Å². The molecule has 1 saturated heterocycles. The summed E-state index contributed by atoms with van der Waals surface area (Å²) in [6.45, 7) is 4.56. The summed E-state index contributed by atoms with van der Waals surface area (Å²) >= 11 is 0. The van der Waals surface area contributed by atoms with Crippen molar-refractivity contribution < 1.29 is 9.18 Å². The Morgan fingerprint density at radius 2 is 1.90 bits per heavy atom. The van der Waals surface area contributed by atoms with Crippen molar-refractivity contribution in [3.8, 4) is 0 Å². The van der Waals surface area contributed by atoms with Crippen LogP contribution in [0.3, 0.4) is 0 Å². The smallest absolute Gasteiger partial charge is 0.226 e. The van der Waals surface area contributed by atoms with Crippen LogP contribution in [0.5, 0.6) is 0 Å². The topological polar surface area (TPSA) is 56.7 Å². The van der Waals surface area contributed by atoms with E-state index in [9.17, 15) is 9.18 Å². The lowest BCUT2D eigenvalue weighted by Gasteiger charge is -2.26. The van der Waals surface area contributed by atoms with Gasteiger partial charge in [0.2, 0.25) is 5.91 Å². The quantitative estimate of drug-likeness (QED) is 0.348. The number of nitrogens with zero attached hydrogens (tertiary/aromatic N) is 2. The van der Waals surface area contributed by atoms with Crippen LogP contribution in [0.15, 0.2) is 53.5 Å². The third kappa shape index (κ3) is 6.99. The van der Waals surface area contributed by atoms with Crippen LogP contribution < -0.4 is 15.5 Å². The molecule has 1 amide bonds. The van der Waals surface area contributed by atoms with Gasteiger partial charge < -0.3 is 15.5 Å². The minimum atomic E-state index is -0.252. The maximum absolute atomic E-state index is 13.3. The van der Waals surface area contributed by atoms with E-state index < -0.39 is 0 Å². The summed E-state index contributed by atoms with van der Waals surface area (Å²) < 4.78 is 13.3. The molecule has 0 aliphatic carbocycles. The number of halogens is 2. The molecule has 1 heterocycles. The van der Waals surface area contributed by atoms with E-state index in [-0.39, 0.29) is 35.7 Å². The Bertz CT molecular complexity index is 826. The summed E-state index contributed by atoms with van der Waals surface area (Å²) in [4.78, 5) is 18.4. The van der Waals surface area contributed by atoms with Crippen LogP contribution in [0, 0.1) is 5.82 Å². The predicted octanol–water partition coefficient (Wildman–Crippen LogP) is 4.22. The van der Waals surface area contributed by atoms with Crippen molar-refractivity contribution in [2.24, 2.45) is 4.99 Å². The van der Waals surface area contributed by atoms with E-state index in [2.05, 4.69) is 15.6 Å². The fourth-order valence-electron chi connectivity index (χ4n) is 3.21. The number of benzene rings is 2. The highest BCUT2D eigenvalue weighted by molar-refractivity contribution is 14.0. The number of carbonyl (C=O) groups is 1. The Labute approximate surface area is 188 Å². The number of nitrogens with one attached hydrogen (secondary N) is 2. The van der Waals surface area contributed by atoms with E-state index in [1.807, 2.05) is 42.2 Å². The number of aliphatic imine (C=N–C) groups is 1. The zero-order valence-corrected chi connectivity index (χ0v) is 19.0. The minimum absolute atomic E-state index is 0. The zero-order valence-electron chi connectivity index (χ0n) is 16.7. The molecule has 156 valence electrons. The van der Waals surface area contributed by atoms with Crippen LogP contribution in [0.4, 0.5) is 10.1 Å². The molecule has 3 rings (SSSR count). The standard InChI is InChI=1S/C22H27FN4O.HI/c1-2-24-22(26-16-18-6-5-7-19(23)14-18)25-15-17-9-11-20(12-10-17)27-13-4-3-8-21(27)28;/h5-7,9-12,14H,2-4,8,13,15-16H2,1H3,(H2,24,25,26);1H. The van der Waals surface area contributed by atoms with Crippen molar-refractivity contribution in [3.05, 3.63) is 65.5 Å². The number of carbonyl (C=O) groups excluding carboxylic acids is 1. The SMILES string of the molecule is CCNC(=NCc1cccc(F)c1)NCc1ccc(N2CCCCC2=O)cc1.I. The lowest BCUT2D eigenvalue weighted by atomic mass is 10.1. The lowest BCUT2D eigenvalue weighted by molar-refractivity contribution is -0.119. The Morgan fingerprint density at radius 3 is 2.59 bits per heavy atom. The first-order valence-electron chi connectivity index (χ1n) is 9.81. The molecule has 0 bridgehead atoms. The second-order valence-electron chi connectivity index (χ2n) is 6.85. The third-order valence-electron chi connectivity index (χ3n) is 4.68. The van der Waals surface area contributed by atoms with Gasteiger partial charge in [0.05, 0.1) is 6.54 Å². The molecule has 2 N–H and O–H groups in total. The Hall–Kier alpha value is -2.16. The summed E-state index contributed by atoms with van der Waals surface area (Å²) in [5.74, 6) is 0.635. The van der Waals surface area contributed by atoms with Gasteiger partial charge in [-0.15, -0.1) is 24.0 Å². The van der Waals surface area contributed by atoms with E-state index in [1.54, 1.807) is 6.07 Å². The Kier molecular flexibility index (Phi) is 9.37. The largest absolute Gasteiger partial charge is 0.357 e. The molecule has 29 heavy (non-hydrogen) atoms. The van der Waals surface area contributed by atoms with Crippen molar-refractivity contribution in [1.82, 2.24) is 10.6 Å². The van der Waals surface area contributed by atoms with Crippen molar-refractivity contribution in [2.45, 2.75) is 39.3 Å². The monoisotopic (exact) mass is 510 g/mol. The number of hydrogen-bond acceptors (Lipinski definition) is 2. The number of piperidine rings is 1. The molecular formula is C22H28FIN4O. The Morgan fingerprint density at radius 1 is 1.10 bits per heavy atom.